The summed E-state index contributed by atoms with van der Waals surface area (Å²) >= 11 is 6.17. The molecule has 0 saturated carbocycles. The average Bonchev–Trinajstić information content (AvgIpc) is 2.69. The smallest absolute Gasteiger partial charge is 0.271 e. The molecule has 0 bridgehead atoms. The van der Waals surface area contributed by atoms with Crippen molar-refractivity contribution in [3.63, 3.8) is 0 Å². The SMILES string of the molecule is CCC(=O)Nc1ccc(C(=O)N/N=C/c2cc(OC)c(OC)cc2Cl)cc1. The number of rotatable bonds is 7. The van der Waals surface area contributed by atoms with Gasteiger partial charge in [0.1, 0.15) is 0 Å². The molecule has 0 saturated heterocycles. The highest BCUT2D eigenvalue weighted by Crippen LogP contribution is 2.32. The number of carbonyl (C=O) groups is 2. The van der Waals surface area contributed by atoms with Gasteiger partial charge in [0.15, 0.2) is 11.5 Å². The number of ether oxygens (including phenoxy) is 2. The van der Waals surface area contributed by atoms with Gasteiger partial charge in [-0.05, 0) is 30.3 Å². The van der Waals surface area contributed by atoms with Gasteiger partial charge >= 0.3 is 0 Å². The Morgan fingerprint density at radius 2 is 1.74 bits per heavy atom. The number of nitrogens with one attached hydrogen (secondary N) is 2. The van der Waals surface area contributed by atoms with E-state index in [-0.39, 0.29) is 5.91 Å². The highest BCUT2D eigenvalue weighted by Gasteiger charge is 2.09. The monoisotopic (exact) mass is 389 g/mol. The number of amides is 2. The van der Waals surface area contributed by atoms with Gasteiger partial charge in [0.25, 0.3) is 5.91 Å². The minimum Gasteiger partial charge on any atom is -0.493 e. The van der Waals surface area contributed by atoms with Crippen molar-refractivity contribution in [3.05, 3.63) is 52.5 Å². The Kier molecular flexibility index (Phi) is 7.19. The largest absolute Gasteiger partial charge is 0.493 e. The van der Waals surface area contributed by atoms with Crippen molar-refractivity contribution in [3.8, 4) is 11.5 Å². The van der Waals surface area contributed by atoms with Crippen LogP contribution in [0.2, 0.25) is 5.02 Å². The molecule has 27 heavy (non-hydrogen) atoms. The highest BCUT2D eigenvalue weighted by atomic mass is 35.5. The third-order valence-electron chi connectivity index (χ3n) is 3.62. The van der Waals surface area contributed by atoms with Gasteiger partial charge in [-0.2, -0.15) is 5.10 Å². The number of hydrazone groups is 1. The van der Waals surface area contributed by atoms with E-state index in [1.54, 1.807) is 43.3 Å². The lowest BCUT2D eigenvalue weighted by atomic mass is 10.2. The van der Waals surface area contributed by atoms with Crippen LogP contribution in [0.15, 0.2) is 41.5 Å². The summed E-state index contributed by atoms with van der Waals surface area (Å²) in [5, 5.41) is 7.03. The summed E-state index contributed by atoms with van der Waals surface area (Å²) in [6, 6.07) is 9.75. The molecule has 0 spiro atoms. The molecule has 0 unspecified atom stereocenters. The van der Waals surface area contributed by atoms with Crippen molar-refractivity contribution in [2.75, 3.05) is 19.5 Å². The minimum absolute atomic E-state index is 0.0939. The standard InChI is InChI=1S/C19H20ClN3O4/c1-4-18(24)22-14-7-5-12(6-8-14)19(25)23-21-11-13-9-16(26-2)17(27-3)10-15(13)20/h5-11H,4H2,1-3H3,(H,22,24)(H,23,25)/b21-11+. The van der Waals surface area contributed by atoms with Gasteiger partial charge in [-0.25, -0.2) is 5.43 Å². The van der Waals surface area contributed by atoms with Crippen LogP contribution in [0.5, 0.6) is 11.5 Å². The number of hydrogen-bond donors (Lipinski definition) is 2. The van der Waals surface area contributed by atoms with Crippen molar-refractivity contribution in [2.45, 2.75) is 13.3 Å². The van der Waals surface area contributed by atoms with Crippen molar-refractivity contribution < 1.29 is 19.1 Å². The lowest BCUT2D eigenvalue weighted by Crippen LogP contribution is -2.17. The number of methoxy groups -OCH3 is 2. The first-order chi connectivity index (χ1) is 13.0. The fraction of sp³-hybridized carbons (Fsp3) is 0.211. The Morgan fingerprint density at radius 1 is 1.11 bits per heavy atom. The third kappa shape index (κ3) is 5.46. The molecular weight excluding hydrogens is 370 g/mol. The van der Waals surface area contributed by atoms with Gasteiger partial charge in [0.2, 0.25) is 5.91 Å². The normalized spacial score (nSPS) is 10.5. The van der Waals surface area contributed by atoms with Crippen LogP contribution in [-0.2, 0) is 4.79 Å². The third-order valence-corrected chi connectivity index (χ3v) is 3.95. The first-order valence-electron chi connectivity index (χ1n) is 8.13. The van der Waals surface area contributed by atoms with E-state index in [1.807, 2.05) is 0 Å². The second kappa shape index (κ2) is 9.59. The predicted octanol–water partition coefficient (Wildman–Crippen LogP) is 3.47. The maximum atomic E-state index is 12.1. The van der Waals surface area contributed by atoms with Gasteiger partial charge in [0, 0.05) is 29.3 Å². The fourth-order valence-corrected chi connectivity index (χ4v) is 2.35. The molecular formula is C19H20ClN3O4. The van der Waals surface area contributed by atoms with Crippen LogP contribution >= 0.6 is 11.6 Å². The van der Waals surface area contributed by atoms with Gasteiger partial charge in [0.05, 0.1) is 25.5 Å². The van der Waals surface area contributed by atoms with E-state index in [4.69, 9.17) is 21.1 Å². The Morgan fingerprint density at radius 3 is 2.33 bits per heavy atom. The van der Waals surface area contributed by atoms with Crippen molar-refractivity contribution in [2.24, 2.45) is 5.10 Å². The molecule has 2 amide bonds. The molecule has 142 valence electrons. The second-order valence-corrected chi connectivity index (χ2v) is 5.81. The molecule has 2 aromatic carbocycles. The Balaban J connectivity index is 2.03. The molecule has 0 atom stereocenters. The fourth-order valence-electron chi connectivity index (χ4n) is 2.15. The molecule has 0 radical (unpaired) electrons. The minimum atomic E-state index is -0.392. The number of benzene rings is 2. The summed E-state index contributed by atoms with van der Waals surface area (Å²) in [5.74, 6) is 0.512. The first-order valence-corrected chi connectivity index (χ1v) is 8.51. The topological polar surface area (TPSA) is 89.0 Å². The molecule has 0 aliphatic carbocycles. The summed E-state index contributed by atoms with van der Waals surface area (Å²) in [5.41, 5.74) is 4.01. The Labute approximate surface area is 162 Å². The van der Waals surface area contributed by atoms with Gasteiger partial charge in [-0.3, -0.25) is 9.59 Å². The van der Waals surface area contributed by atoms with Crippen LogP contribution in [0.3, 0.4) is 0 Å². The van der Waals surface area contributed by atoms with E-state index < -0.39 is 5.91 Å². The lowest BCUT2D eigenvalue weighted by molar-refractivity contribution is -0.115. The summed E-state index contributed by atoms with van der Waals surface area (Å²) in [6.07, 6.45) is 1.80. The number of hydrogen-bond acceptors (Lipinski definition) is 5. The van der Waals surface area contributed by atoms with E-state index in [0.29, 0.717) is 39.8 Å². The molecule has 0 heterocycles. The van der Waals surface area contributed by atoms with E-state index in [9.17, 15) is 9.59 Å². The zero-order valence-electron chi connectivity index (χ0n) is 15.2. The molecule has 0 aliphatic heterocycles. The number of halogens is 1. The first kappa shape index (κ1) is 20.3. The number of carbonyl (C=O) groups excluding carboxylic acids is 2. The summed E-state index contributed by atoms with van der Waals surface area (Å²) in [4.78, 5) is 23.5. The molecule has 7 nitrogen and oxygen atoms in total. The lowest BCUT2D eigenvalue weighted by Gasteiger charge is -2.09. The maximum absolute atomic E-state index is 12.1. The quantitative estimate of drug-likeness (QED) is 0.560. The zero-order chi connectivity index (χ0) is 19.8. The van der Waals surface area contributed by atoms with E-state index in [2.05, 4.69) is 15.8 Å². The van der Waals surface area contributed by atoms with Crippen LogP contribution < -0.4 is 20.2 Å². The molecule has 2 rings (SSSR count). The van der Waals surface area contributed by atoms with E-state index in [1.165, 1.54) is 20.4 Å². The molecule has 2 N–H and O–H groups in total. The van der Waals surface area contributed by atoms with E-state index >= 15 is 0 Å². The van der Waals surface area contributed by atoms with E-state index in [0.717, 1.165) is 0 Å². The van der Waals surface area contributed by atoms with Crippen LogP contribution in [0.25, 0.3) is 0 Å². The molecule has 0 aromatic heterocycles. The Hall–Kier alpha value is -3.06. The molecule has 2 aromatic rings. The predicted molar refractivity (Wildman–Crippen MR) is 105 cm³/mol. The van der Waals surface area contributed by atoms with Crippen molar-refractivity contribution in [1.82, 2.24) is 5.43 Å². The Bertz CT molecular complexity index is 851. The maximum Gasteiger partial charge on any atom is 0.271 e. The average molecular weight is 390 g/mol. The number of nitrogens with zero attached hydrogens (tertiary/aromatic N) is 1. The molecule has 0 aliphatic rings. The van der Waals surface area contributed by atoms with Gasteiger partial charge < -0.3 is 14.8 Å². The molecule has 8 heteroatoms. The van der Waals surface area contributed by atoms with Crippen LogP contribution in [0.4, 0.5) is 5.69 Å². The van der Waals surface area contributed by atoms with Crippen molar-refractivity contribution >= 4 is 35.3 Å². The van der Waals surface area contributed by atoms with Gasteiger partial charge in [-0.1, -0.05) is 18.5 Å². The number of anilines is 1. The summed E-state index contributed by atoms with van der Waals surface area (Å²) in [7, 11) is 3.03. The van der Waals surface area contributed by atoms with Crippen molar-refractivity contribution in [1.29, 1.82) is 0 Å². The van der Waals surface area contributed by atoms with Crippen LogP contribution in [0, 0.1) is 0 Å². The van der Waals surface area contributed by atoms with Crippen LogP contribution in [0.1, 0.15) is 29.3 Å². The van der Waals surface area contributed by atoms with Crippen LogP contribution in [-0.4, -0.2) is 32.2 Å². The van der Waals surface area contributed by atoms with Gasteiger partial charge in [-0.15, -0.1) is 0 Å². The summed E-state index contributed by atoms with van der Waals surface area (Å²) < 4.78 is 10.4. The zero-order valence-corrected chi connectivity index (χ0v) is 16.0. The molecule has 0 fully saturated rings. The second-order valence-electron chi connectivity index (χ2n) is 5.41. The summed E-state index contributed by atoms with van der Waals surface area (Å²) in [6.45, 7) is 1.76. The highest BCUT2D eigenvalue weighted by molar-refractivity contribution is 6.33.